The highest BCUT2D eigenvalue weighted by atomic mass is 16.6. The summed E-state index contributed by atoms with van der Waals surface area (Å²) in [6, 6.07) is 8.94. The van der Waals surface area contributed by atoms with Crippen LogP contribution in [0.2, 0.25) is 0 Å². The van der Waals surface area contributed by atoms with Gasteiger partial charge in [0.15, 0.2) is 0 Å². The van der Waals surface area contributed by atoms with Gasteiger partial charge in [0.05, 0.1) is 0 Å². The Hall–Kier alpha value is -3.75. The third kappa shape index (κ3) is 8.68. The van der Waals surface area contributed by atoms with Crippen LogP contribution >= 0.6 is 0 Å². The van der Waals surface area contributed by atoms with Gasteiger partial charge in [-0.2, -0.15) is 0 Å². The molecule has 0 aliphatic heterocycles. The van der Waals surface area contributed by atoms with Gasteiger partial charge in [-0.3, -0.25) is 9.59 Å². The molecule has 0 aliphatic carbocycles. The molecule has 3 unspecified atom stereocenters. The van der Waals surface area contributed by atoms with Gasteiger partial charge in [0.1, 0.15) is 29.2 Å². The lowest BCUT2D eigenvalue weighted by atomic mass is 9.98. The quantitative estimate of drug-likeness (QED) is 0.364. The highest BCUT2D eigenvalue weighted by Gasteiger charge is 2.36. The van der Waals surface area contributed by atoms with Crippen LogP contribution in [0.1, 0.15) is 70.2 Å². The van der Waals surface area contributed by atoms with E-state index < -0.39 is 35.6 Å². The number of carbonyl (C=O) groups excluding carboxylic acids is 3. The monoisotopic (exact) mass is 527 g/mol. The van der Waals surface area contributed by atoms with Crippen molar-refractivity contribution < 1.29 is 29.3 Å². The van der Waals surface area contributed by atoms with Crippen LogP contribution in [0.5, 0.6) is 11.5 Å². The normalized spacial score (nSPS) is 13.7. The predicted molar refractivity (Wildman–Crippen MR) is 146 cm³/mol. The second-order valence-corrected chi connectivity index (χ2v) is 10.6. The van der Waals surface area contributed by atoms with Crippen molar-refractivity contribution in [1.29, 1.82) is 0 Å². The summed E-state index contributed by atoms with van der Waals surface area (Å²) in [5.41, 5.74) is 0.743. The number of nitrogens with zero attached hydrogens (tertiary/aromatic N) is 1. The molecule has 38 heavy (non-hydrogen) atoms. The highest BCUT2D eigenvalue weighted by molar-refractivity contribution is 5.92. The maximum atomic E-state index is 13.9. The molecule has 0 bridgehead atoms. The molecule has 0 spiro atoms. The van der Waals surface area contributed by atoms with Crippen LogP contribution in [0, 0.1) is 6.92 Å². The van der Waals surface area contributed by atoms with Crippen LogP contribution in [0.15, 0.2) is 42.5 Å². The first-order chi connectivity index (χ1) is 17.7. The minimum absolute atomic E-state index is 0.0710. The van der Waals surface area contributed by atoms with Crippen molar-refractivity contribution >= 4 is 17.9 Å². The van der Waals surface area contributed by atoms with Crippen molar-refractivity contribution in [2.75, 3.05) is 7.05 Å². The van der Waals surface area contributed by atoms with Gasteiger partial charge in [0.2, 0.25) is 11.8 Å². The molecule has 0 aromatic heterocycles. The number of aryl methyl sites for hydroxylation is 1. The standard InChI is InChI=1S/C29H41N3O6/c1-8-10-19(3)30-26(35)24(22-12-9-11-18(2)25(22)34)32(7)27(36)23(31-28(37)38-29(4,5)6)17-20-13-15-21(33)16-14-20/h9,11-16,19,23-24,33-34H,8,10,17H2,1-7H3,(H,30,35)(H,31,37). The minimum Gasteiger partial charge on any atom is -0.508 e. The maximum Gasteiger partial charge on any atom is 0.408 e. The zero-order valence-corrected chi connectivity index (χ0v) is 23.4. The average Bonchev–Trinajstić information content (AvgIpc) is 2.81. The van der Waals surface area contributed by atoms with Crippen molar-refractivity contribution in [3.63, 3.8) is 0 Å². The number of benzene rings is 2. The Morgan fingerprint density at radius 3 is 2.24 bits per heavy atom. The minimum atomic E-state index is -1.15. The van der Waals surface area contributed by atoms with E-state index in [9.17, 15) is 24.6 Å². The topological polar surface area (TPSA) is 128 Å². The fraction of sp³-hybridized carbons (Fsp3) is 0.483. The summed E-state index contributed by atoms with van der Waals surface area (Å²) in [5.74, 6) is -0.996. The first-order valence-corrected chi connectivity index (χ1v) is 12.9. The number of phenolic OH excluding ortho intramolecular Hbond substituents is 2. The molecule has 4 N–H and O–H groups in total. The SMILES string of the molecule is CCCC(C)NC(=O)C(c1cccc(C)c1O)N(C)C(=O)C(Cc1ccc(O)cc1)NC(=O)OC(C)(C)C. The zero-order valence-electron chi connectivity index (χ0n) is 23.4. The Bertz CT molecular complexity index is 1110. The number of para-hydroxylation sites is 1. The Labute approximate surface area is 225 Å². The number of amides is 3. The van der Waals surface area contributed by atoms with Crippen molar-refractivity contribution in [3.05, 3.63) is 59.2 Å². The number of carbonyl (C=O) groups is 3. The van der Waals surface area contributed by atoms with Gasteiger partial charge in [-0.1, -0.05) is 43.7 Å². The van der Waals surface area contributed by atoms with Gasteiger partial charge >= 0.3 is 6.09 Å². The van der Waals surface area contributed by atoms with E-state index in [4.69, 9.17) is 4.74 Å². The second-order valence-electron chi connectivity index (χ2n) is 10.6. The van der Waals surface area contributed by atoms with E-state index in [0.717, 1.165) is 12.8 Å². The van der Waals surface area contributed by atoms with E-state index in [0.29, 0.717) is 11.1 Å². The van der Waals surface area contributed by atoms with Crippen LogP contribution in [-0.2, 0) is 20.7 Å². The Morgan fingerprint density at radius 1 is 1.03 bits per heavy atom. The lowest BCUT2D eigenvalue weighted by Gasteiger charge is -2.33. The van der Waals surface area contributed by atoms with Crippen LogP contribution in [0.3, 0.4) is 0 Å². The zero-order chi connectivity index (χ0) is 28.6. The fourth-order valence-corrected chi connectivity index (χ4v) is 4.15. The van der Waals surface area contributed by atoms with Gasteiger partial charge in [0, 0.05) is 25.1 Å². The number of aromatic hydroxyl groups is 2. The van der Waals surface area contributed by atoms with E-state index in [-0.39, 0.29) is 29.5 Å². The summed E-state index contributed by atoms with van der Waals surface area (Å²) in [6.45, 7) is 10.8. The molecule has 0 saturated heterocycles. The molecule has 0 saturated carbocycles. The van der Waals surface area contributed by atoms with Crippen LogP contribution in [0.25, 0.3) is 0 Å². The largest absolute Gasteiger partial charge is 0.508 e. The molecule has 9 nitrogen and oxygen atoms in total. The summed E-state index contributed by atoms with van der Waals surface area (Å²) in [7, 11) is 1.47. The number of nitrogens with one attached hydrogen (secondary N) is 2. The van der Waals surface area contributed by atoms with Crippen molar-refractivity contribution in [1.82, 2.24) is 15.5 Å². The van der Waals surface area contributed by atoms with Crippen molar-refractivity contribution in [2.45, 2.75) is 84.5 Å². The van der Waals surface area contributed by atoms with Crippen LogP contribution < -0.4 is 10.6 Å². The van der Waals surface area contributed by atoms with Gasteiger partial charge in [-0.05, 0) is 64.3 Å². The number of rotatable bonds is 10. The van der Waals surface area contributed by atoms with Crippen LogP contribution in [0.4, 0.5) is 4.79 Å². The summed E-state index contributed by atoms with van der Waals surface area (Å²) >= 11 is 0. The molecule has 2 aromatic carbocycles. The molecule has 2 rings (SSSR count). The molecule has 9 heteroatoms. The highest BCUT2D eigenvalue weighted by Crippen LogP contribution is 2.32. The van der Waals surface area contributed by atoms with E-state index in [1.54, 1.807) is 58.0 Å². The molecule has 0 fully saturated rings. The summed E-state index contributed by atoms with van der Waals surface area (Å²) in [5, 5.41) is 26.1. The summed E-state index contributed by atoms with van der Waals surface area (Å²) in [6.07, 6.45) is 0.923. The third-order valence-corrected chi connectivity index (χ3v) is 6.02. The second kappa shape index (κ2) is 13.2. The van der Waals surface area contributed by atoms with Gasteiger partial charge < -0.3 is 30.5 Å². The number of ether oxygens (including phenoxy) is 1. The van der Waals surface area contributed by atoms with Crippen LogP contribution in [-0.4, -0.2) is 57.8 Å². The molecular weight excluding hydrogens is 486 g/mol. The lowest BCUT2D eigenvalue weighted by molar-refractivity contribution is -0.141. The molecule has 0 heterocycles. The van der Waals surface area contributed by atoms with Gasteiger partial charge in [0.25, 0.3) is 0 Å². The molecule has 208 valence electrons. The molecular formula is C29H41N3O6. The Kier molecular flexibility index (Phi) is 10.6. The molecule has 2 aromatic rings. The molecule has 0 aliphatic rings. The summed E-state index contributed by atoms with van der Waals surface area (Å²) in [4.78, 5) is 41.3. The predicted octanol–water partition coefficient (Wildman–Crippen LogP) is 4.35. The first-order valence-electron chi connectivity index (χ1n) is 12.9. The van der Waals surface area contributed by atoms with Gasteiger partial charge in [-0.15, -0.1) is 0 Å². The summed E-state index contributed by atoms with van der Waals surface area (Å²) < 4.78 is 5.38. The third-order valence-electron chi connectivity index (χ3n) is 6.02. The number of alkyl carbamates (subject to hydrolysis) is 1. The van der Waals surface area contributed by atoms with E-state index in [2.05, 4.69) is 10.6 Å². The molecule has 3 amide bonds. The van der Waals surface area contributed by atoms with Crippen molar-refractivity contribution in [2.24, 2.45) is 0 Å². The Morgan fingerprint density at radius 2 is 1.66 bits per heavy atom. The number of hydrogen-bond donors (Lipinski definition) is 4. The maximum absolute atomic E-state index is 13.9. The lowest BCUT2D eigenvalue weighted by Crippen LogP contribution is -2.53. The number of hydrogen-bond acceptors (Lipinski definition) is 6. The van der Waals surface area contributed by atoms with E-state index in [1.807, 2.05) is 13.8 Å². The van der Waals surface area contributed by atoms with E-state index >= 15 is 0 Å². The number of likely N-dealkylation sites (N-methyl/N-ethyl adjacent to an activating group) is 1. The smallest absolute Gasteiger partial charge is 0.408 e. The fourth-order valence-electron chi connectivity index (χ4n) is 4.15. The molecule has 3 atom stereocenters. The Balaban J connectivity index is 2.46. The van der Waals surface area contributed by atoms with E-state index in [1.165, 1.54) is 24.1 Å². The average molecular weight is 528 g/mol. The number of phenols is 2. The first kappa shape index (κ1) is 30.5. The van der Waals surface area contributed by atoms with Gasteiger partial charge in [-0.25, -0.2) is 4.79 Å². The molecule has 0 radical (unpaired) electrons. The van der Waals surface area contributed by atoms with Crippen molar-refractivity contribution in [3.8, 4) is 11.5 Å².